The van der Waals surface area contributed by atoms with Gasteiger partial charge in [-0.2, -0.15) is 0 Å². The van der Waals surface area contributed by atoms with Crippen LogP contribution in [0, 0.1) is 0 Å². The van der Waals surface area contributed by atoms with Crippen molar-refractivity contribution < 1.29 is 63.1 Å². The zero-order chi connectivity index (χ0) is 0. The van der Waals surface area contributed by atoms with Gasteiger partial charge < -0.3 is 11.0 Å². The van der Waals surface area contributed by atoms with E-state index in [-0.39, 0.29) is 80.4 Å². The molecule has 0 aromatic carbocycles. The number of hydrogen-bond donors (Lipinski definition) is 0. The van der Waals surface area contributed by atoms with Crippen LogP contribution in [-0.2, 0) is 44.2 Å². The molecule has 0 saturated heterocycles. The smallest absolute Gasteiger partial charge is 2.00 e. The first-order valence-corrected chi connectivity index (χ1v) is 0. The van der Waals surface area contributed by atoms with Gasteiger partial charge in [0.25, 0.3) is 0 Å². The summed E-state index contributed by atoms with van der Waals surface area (Å²) in [7, 11) is 0. The van der Waals surface area contributed by atoms with Gasteiger partial charge in [0, 0.05) is 0 Å². The molecule has 0 rings (SSSR count). The number of rotatable bonds is 0. The molecule has 0 aromatic rings. The summed E-state index contributed by atoms with van der Waals surface area (Å²) in [5.74, 6) is 0. The van der Waals surface area contributed by atoms with Crippen molar-refractivity contribution in [2.45, 2.75) is 0 Å². The summed E-state index contributed by atoms with van der Waals surface area (Å²) in [5.41, 5.74) is 0. The summed E-state index contributed by atoms with van der Waals surface area (Å²) >= 11 is 0. The fourth-order valence-corrected chi connectivity index (χ4v) is 0. The summed E-state index contributed by atoms with van der Waals surface area (Å²) in [4.78, 5) is 0. The Hall–Kier alpha value is 2.05. The second-order valence-electron chi connectivity index (χ2n) is 0. The normalized spacial score (nSPS) is 0. The third-order valence-corrected chi connectivity index (χ3v) is 0. The summed E-state index contributed by atoms with van der Waals surface area (Å²) in [5, 5.41) is 0. The molecule has 0 N–H and O–H groups in total. The second kappa shape index (κ2) is 61.4. The Morgan fingerprint density at radius 3 is 0.833 bits per heavy atom. The van der Waals surface area contributed by atoms with Crippen molar-refractivity contribution in [2.75, 3.05) is 0 Å². The summed E-state index contributed by atoms with van der Waals surface area (Å²) in [6, 6.07) is 0. The third kappa shape index (κ3) is 36.7. The van der Waals surface area contributed by atoms with Gasteiger partial charge in [0.05, 0.1) is 0 Å². The topological polar surface area (TPSA) is 57.0 Å². The summed E-state index contributed by atoms with van der Waals surface area (Å²) < 4.78 is 0. The van der Waals surface area contributed by atoms with Crippen LogP contribution in [0.1, 0.15) is 0 Å². The Balaban J connectivity index is 0. The minimum absolute atomic E-state index is 0. The van der Waals surface area contributed by atoms with Crippen LogP contribution in [0.3, 0.4) is 0 Å². The second-order valence-corrected chi connectivity index (χ2v) is 0. The van der Waals surface area contributed by atoms with Gasteiger partial charge in [-0.25, -0.2) is 0 Å². The van der Waals surface area contributed by atoms with Crippen LogP contribution in [0.4, 0.5) is 0 Å². The Morgan fingerprint density at radius 2 is 0.833 bits per heavy atom. The van der Waals surface area contributed by atoms with Crippen molar-refractivity contribution in [3.63, 3.8) is 0 Å². The van der Waals surface area contributed by atoms with Crippen molar-refractivity contribution in [2.24, 2.45) is 0 Å². The van der Waals surface area contributed by atoms with Crippen LogP contribution in [0.15, 0.2) is 0 Å². The molecule has 0 heterocycles. The molecule has 0 fully saturated rings. The van der Waals surface area contributed by atoms with E-state index in [0.29, 0.717) is 0 Å². The Kier molecular flexibility index (Phi) is 974. The molecule has 1 radical (unpaired) electrons. The van der Waals surface area contributed by atoms with Crippen LogP contribution in [-0.4, -0.2) is 17.4 Å². The van der Waals surface area contributed by atoms with E-state index in [1.807, 2.05) is 0 Å². The molecule has 0 saturated carbocycles. The van der Waals surface area contributed by atoms with Crippen LogP contribution in [0.25, 0.3) is 0 Å². The molecule has 0 spiro atoms. The molecular formula is AlCoLiNiO2+4. The molecule has 0 aliphatic carbocycles. The standard InChI is InChI=1S/Al.Co.Li.Ni.2O/q+3;+2;+1;+2;2*-2. The van der Waals surface area contributed by atoms with Gasteiger partial charge in [-0.1, -0.05) is 0 Å². The van der Waals surface area contributed by atoms with E-state index in [2.05, 4.69) is 0 Å². The predicted molar refractivity (Wildman–Crippen MR) is 7.13 cm³/mol. The van der Waals surface area contributed by atoms with Crippen molar-refractivity contribution in [1.82, 2.24) is 0 Å². The monoisotopic (exact) mass is 183 g/mol. The molecule has 2 nitrogen and oxygen atoms in total. The molecule has 0 unspecified atom stereocenters. The third-order valence-electron chi connectivity index (χ3n) is 0. The molecule has 0 amide bonds. The fraction of sp³-hybridized carbons (Fsp3) is 0. The van der Waals surface area contributed by atoms with Gasteiger partial charge in [0.1, 0.15) is 0 Å². The maximum Gasteiger partial charge on any atom is 3.00 e. The molecule has 0 atom stereocenters. The number of hydrogen-bond acceptors (Lipinski definition) is 0. The molecule has 0 bridgehead atoms. The van der Waals surface area contributed by atoms with Crippen molar-refractivity contribution in [3.05, 3.63) is 0 Å². The van der Waals surface area contributed by atoms with Gasteiger partial charge in [-0.3, -0.25) is 0 Å². The SMILES string of the molecule is [Al+3].[Co+2].[Li+].[Ni+2].[O-2].[O-2]. The van der Waals surface area contributed by atoms with E-state index in [0.717, 1.165) is 0 Å². The maximum atomic E-state index is 0. The predicted octanol–water partition coefficient (Wildman–Crippen LogP) is -3.62. The first-order valence-electron chi connectivity index (χ1n) is 0. The molecular weight excluding hydrogens is 184 g/mol. The first kappa shape index (κ1) is 95.2. The zero-order valence-electron chi connectivity index (χ0n) is 3.04. The van der Waals surface area contributed by atoms with Gasteiger partial charge in [-0.05, 0) is 0 Å². The average Bonchev–Trinajstić information content (AvgIpc) is 0. The van der Waals surface area contributed by atoms with E-state index in [1.54, 1.807) is 0 Å². The zero-order valence-corrected chi connectivity index (χ0v) is 6.23. The molecule has 0 aliphatic rings. The van der Waals surface area contributed by atoms with E-state index >= 15 is 0 Å². The van der Waals surface area contributed by atoms with Gasteiger partial charge >= 0.3 is 69.5 Å². The van der Waals surface area contributed by atoms with Crippen molar-refractivity contribution in [3.8, 4) is 0 Å². The van der Waals surface area contributed by atoms with Crippen LogP contribution < -0.4 is 18.9 Å². The Morgan fingerprint density at radius 1 is 0.833 bits per heavy atom. The molecule has 6 heavy (non-hydrogen) atoms. The maximum absolute atomic E-state index is 0. The van der Waals surface area contributed by atoms with Crippen molar-refractivity contribution >= 4 is 17.4 Å². The Bertz CT molecular complexity index is 13.5. The molecule has 0 aromatic heterocycles. The minimum Gasteiger partial charge on any atom is -2.00 e. The van der Waals surface area contributed by atoms with E-state index in [9.17, 15) is 0 Å². The van der Waals surface area contributed by atoms with Gasteiger partial charge in [0.2, 0.25) is 0 Å². The Labute approximate surface area is 79.9 Å². The van der Waals surface area contributed by atoms with Crippen LogP contribution in [0.2, 0.25) is 0 Å². The van der Waals surface area contributed by atoms with E-state index in [1.165, 1.54) is 0 Å². The molecule has 6 heteroatoms. The summed E-state index contributed by atoms with van der Waals surface area (Å²) in [6.07, 6.45) is 0. The van der Waals surface area contributed by atoms with Gasteiger partial charge in [0.15, 0.2) is 0 Å². The van der Waals surface area contributed by atoms with Crippen molar-refractivity contribution in [1.29, 1.82) is 0 Å². The van der Waals surface area contributed by atoms with Crippen LogP contribution in [0.5, 0.6) is 0 Å². The minimum atomic E-state index is 0. The van der Waals surface area contributed by atoms with Crippen LogP contribution >= 0.6 is 0 Å². The van der Waals surface area contributed by atoms with E-state index in [4.69, 9.17) is 0 Å². The van der Waals surface area contributed by atoms with Gasteiger partial charge in [-0.15, -0.1) is 0 Å². The average molecular weight is 184 g/mol. The van der Waals surface area contributed by atoms with E-state index < -0.39 is 0 Å². The molecule has 31 valence electrons. The summed E-state index contributed by atoms with van der Waals surface area (Å²) in [6.45, 7) is 0. The largest absolute Gasteiger partial charge is 3.00 e. The quantitative estimate of drug-likeness (QED) is 0.348. The fourth-order valence-electron chi connectivity index (χ4n) is 0. The first-order chi connectivity index (χ1) is 0. The molecule has 0 aliphatic heterocycles.